The number of hydrogen-bond donors (Lipinski definition) is 1. The third-order valence-electron chi connectivity index (χ3n) is 4.07. The standard InChI is InChI=1S/C21H16N2OS/c24-20(17-14-23-18-11-5-4-10-16(17)18)21(15-8-2-1-3-9-15)25-19-12-6-7-13-22-19/h1-14,21,23H/t21-/m0/s1. The monoisotopic (exact) mass is 344 g/mol. The Hall–Kier alpha value is -2.85. The number of H-pyrrole nitrogens is 1. The normalized spacial score (nSPS) is 12.2. The van der Waals surface area contributed by atoms with Crippen molar-refractivity contribution in [2.75, 3.05) is 0 Å². The molecule has 0 saturated heterocycles. The number of ketones is 1. The number of fused-ring (bicyclic) bond motifs is 1. The Labute approximate surface area is 150 Å². The Bertz CT molecular complexity index is 996. The van der Waals surface area contributed by atoms with Crippen molar-refractivity contribution in [1.82, 2.24) is 9.97 Å². The molecule has 0 bridgehead atoms. The summed E-state index contributed by atoms with van der Waals surface area (Å²) in [5, 5.41) is 1.45. The highest BCUT2D eigenvalue weighted by Crippen LogP contribution is 2.38. The molecule has 4 aromatic rings. The molecule has 4 rings (SSSR count). The van der Waals surface area contributed by atoms with Gasteiger partial charge in [0.25, 0.3) is 0 Å². The van der Waals surface area contributed by atoms with E-state index < -0.39 is 0 Å². The number of hydrogen-bond acceptors (Lipinski definition) is 3. The second kappa shape index (κ2) is 6.95. The van der Waals surface area contributed by atoms with Crippen LogP contribution in [-0.4, -0.2) is 15.8 Å². The van der Waals surface area contributed by atoms with E-state index in [9.17, 15) is 4.79 Å². The van der Waals surface area contributed by atoms with Crippen LogP contribution >= 0.6 is 11.8 Å². The van der Waals surface area contributed by atoms with Gasteiger partial charge in [0.15, 0.2) is 5.78 Å². The molecule has 0 amide bonds. The fourth-order valence-electron chi connectivity index (χ4n) is 2.85. The number of rotatable bonds is 5. The second-order valence-corrected chi connectivity index (χ2v) is 6.81. The molecule has 0 aliphatic rings. The average Bonchev–Trinajstić information content (AvgIpc) is 3.11. The van der Waals surface area contributed by atoms with E-state index in [1.165, 1.54) is 11.8 Å². The molecule has 3 nitrogen and oxygen atoms in total. The van der Waals surface area contributed by atoms with Gasteiger partial charge in [-0.1, -0.05) is 66.4 Å². The van der Waals surface area contributed by atoms with Gasteiger partial charge in [-0.05, 0) is 23.8 Å². The van der Waals surface area contributed by atoms with Gasteiger partial charge in [0, 0.05) is 28.9 Å². The van der Waals surface area contributed by atoms with Crippen molar-refractivity contribution in [2.45, 2.75) is 10.3 Å². The minimum Gasteiger partial charge on any atom is -0.360 e. The third kappa shape index (κ3) is 3.21. The summed E-state index contributed by atoms with van der Waals surface area (Å²) in [5.41, 5.74) is 2.67. The van der Waals surface area contributed by atoms with Crippen LogP contribution in [0.15, 0.2) is 90.2 Å². The Morgan fingerprint density at radius 3 is 2.48 bits per heavy atom. The first kappa shape index (κ1) is 15.7. The lowest BCUT2D eigenvalue weighted by Crippen LogP contribution is -2.10. The molecule has 0 unspecified atom stereocenters. The predicted molar refractivity (Wildman–Crippen MR) is 102 cm³/mol. The molecule has 122 valence electrons. The van der Waals surface area contributed by atoms with Crippen molar-refractivity contribution in [3.63, 3.8) is 0 Å². The zero-order valence-corrected chi connectivity index (χ0v) is 14.2. The lowest BCUT2D eigenvalue weighted by Gasteiger charge is -2.15. The van der Waals surface area contributed by atoms with Gasteiger partial charge < -0.3 is 4.98 Å². The van der Waals surface area contributed by atoms with Crippen molar-refractivity contribution in [2.24, 2.45) is 0 Å². The smallest absolute Gasteiger partial charge is 0.182 e. The van der Waals surface area contributed by atoms with Crippen molar-refractivity contribution < 1.29 is 4.79 Å². The molecule has 0 saturated carbocycles. The highest BCUT2D eigenvalue weighted by Gasteiger charge is 2.25. The number of thioether (sulfide) groups is 1. The summed E-state index contributed by atoms with van der Waals surface area (Å²) < 4.78 is 0. The SMILES string of the molecule is O=C(c1c[nH]c2ccccc12)[C@@H](Sc1ccccn1)c1ccccc1. The summed E-state index contributed by atoms with van der Waals surface area (Å²) in [5.74, 6) is 0.0827. The van der Waals surface area contributed by atoms with Crippen LogP contribution in [0.5, 0.6) is 0 Å². The molecule has 0 radical (unpaired) electrons. The Morgan fingerprint density at radius 1 is 0.920 bits per heavy atom. The number of carbonyl (C=O) groups is 1. The Kier molecular flexibility index (Phi) is 4.36. The Balaban J connectivity index is 1.76. The largest absolute Gasteiger partial charge is 0.360 e. The van der Waals surface area contributed by atoms with E-state index in [2.05, 4.69) is 9.97 Å². The Morgan fingerprint density at radius 2 is 1.68 bits per heavy atom. The number of aromatic amines is 1. The number of Topliss-reactive ketones (excluding diaryl/α,β-unsaturated/α-hetero) is 1. The highest BCUT2D eigenvalue weighted by atomic mass is 32.2. The molecular formula is C21H16N2OS. The van der Waals surface area contributed by atoms with Gasteiger partial charge in [-0.3, -0.25) is 4.79 Å². The fourth-order valence-corrected chi connectivity index (χ4v) is 3.90. The van der Waals surface area contributed by atoms with Gasteiger partial charge in [-0.2, -0.15) is 0 Å². The molecule has 0 fully saturated rings. The third-order valence-corrected chi connectivity index (χ3v) is 5.28. The van der Waals surface area contributed by atoms with Gasteiger partial charge in [0.05, 0.1) is 10.3 Å². The molecule has 4 heteroatoms. The first-order valence-corrected chi connectivity index (χ1v) is 8.94. The van der Waals surface area contributed by atoms with E-state index in [1.807, 2.05) is 79.0 Å². The number of benzene rings is 2. The molecule has 0 aliphatic carbocycles. The molecular weight excluding hydrogens is 328 g/mol. The lowest BCUT2D eigenvalue weighted by atomic mass is 10.0. The molecule has 25 heavy (non-hydrogen) atoms. The average molecular weight is 344 g/mol. The summed E-state index contributed by atoms with van der Waals surface area (Å²) in [6, 6.07) is 23.5. The maximum Gasteiger partial charge on any atom is 0.182 e. The van der Waals surface area contributed by atoms with Crippen LogP contribution in [0.1, 0.15) is 21.2 Å². The van der Waals surface area contributed by atoms with Crippen molar-refractivity contribution >= 4 is 28.4 Å². The van der Waals surface area contributed by atoms with E-state index in [0.717, 1.165) is 21.5 Å². The fraction of sp³-hybridized carbons (Fsp3) is 0.0476. The van der Waals surface area contributed by atoms with Crippen LogP contribution in [0, 0.1) is 0 Å². The summed E-state index contributed by atoms with van der Waals surface area (Å²) in [4.78, 5) is 20.9. The molecule has 1 N–H and O–H groups in total. The number of aromatic nitrogens is 2. The quantitative estimate of drug-likeness (QED) is 0.396. The van der Waals surface area contributed by atoms with Gasteiger partial charge >= 0.3 is 0 Å². The minimum absolute atomic E-state index is 0.0827. The van der Waals surface area contributed by atoms with Crippen LogP contribution in [0.25, 0.3) is 10.9 Å². The van der Waals surface area contributed by atoms with Gasteiger partial charge in [0.1, 0.15) is 0 Å². The van der Waals surface area contributed by atoms with Crippen LogP contribution < -0.4 is 0 Å². The minimum atomic E-state index is -0.338. The summed E-state index contributed by atoms with van der Waals surface area (Å²) in [7, 11) is 0. The van der Waals surface area contributed by atoms with E-state index in [1.54, 1.807) is 6.20 Å². The number of nitrogens with one attached hydrogen (secondary N) is 1. The van der Waals surface area contributed by atoms with Crippen molar-refractivity contribution in [3.05, 3.63) is 96.3 Å². The predicted octanol–water partition coefficient (Wildman–Crippen LogP) is 5.28. The molecule has 0 spiro atoms. The highest BCUT2D eigenvalue weighted by molar-refractivity contribution is 8.00. The summed E-state index contributed by atoms with van der Waals surface area (Å²) in [6.45, 7) is 0. The zero-order chi connectivity index (χ0) is 17.1. The molecule has 1 atom stereocenters. The van der Waals surface area contributed by atoms with Gasteiger partial charge in [-0.15, -0.1) is 0 Å². The van der Waals surface area contributed by atoms with E-state index in [4.69, 9.17) is 0 Å². The van der Waals surface area contributed by atoms with Crippen molar-refractivity contribution in [3.8, 4) is 0 Å². The van der Waals surface area contributed by atoms with Crippen LogP contribution in [0.3, 0.4) is 0 Å². The summed E-state index contributed by atoms with van der Waals surface area (Å²) in [6.07, 6.45) is 3.56. The molecule has 0 aliphatic heterocycles. The second-order valence-electron chi connectivity index (χ2n) is 5.69. The van der Waals surface area contributed by atoms with Crippen LogP contribution in [-0.2, 0) is 0 Å². The topological polar surface area (TPSA) is 45.8 Å². The number of nitrogens with zero attached hydrogens (tertiary/aromatic N) is 1. The first-order valence-electron chi connectivity index (χ1n) is 8.06. The number of para-hydroxylation sites is 1. The van der Waals surface area contributed by atoms with Gasteiger partial charge in [-0.25, -0.2) is 4.98 Å². The summed E-state index contributed by atoms with van der Waals surface area (Å²) >= 11 is 1.48. The van der Waals surface area contributed by atoms with Crippen LogP contribution in [0.2, 0.25) is 0 Å². The lowest BCUT2D eigenvalue weighted by molar-refractivity contribution is 0.0991. The molecule has 2 heterocycles. The number of carbonyl (C=O) groups excluding carboxylic acids is 1. The van der Waals surface area contributed by atoms with E-state index in [-0.39, 0.29) is 11.0 Å². The van der Waals surface area contributed by atoms with E-state index in [0.29, 0.717) is 5.56 Å². The maximum absolute atomic E-state index is 13.4. The first-order chi connectivity index (χ1) is 12.3. The zero-order valence-electron chi connectivity index (χ0n) is 13.4. The van der Waals surface area contributed by atoms with Crippen LogP contribution in [0.4, 0.5) is 0 Å². The molecule has 2 aromatic carbocycles. The van der Waals surface area contributed by atoms with Crippen molar-refractivity contribution in [1.29, 1.82) is 0 Å². The van der Waals surface area contributed by atoms with E-state index >= 15 is 0 Å². The number of pyridine rings is 1. The maximum atomic E-state index is 13.4. The molecule has 2 aromatic heterocycles. The van der Waals surface area contributed by atoms with Gasteiger partial charge in [0.2, 0.25) is 0 Å².